The predicted octanol–water partition coefficient (Wildman–Crippen LogP) is 2.82. The number of aromatic nitrogens is 1. The quantitative estimate of drug-likeness (QED) is 0.448. The van der Waals surface area contributed by atoms with Crippen LogP contribution in [-0.2, 0) is 19.8 Å². The number of anilines is 1. The molecule has 2 aliphatic heterocycles. The molecule has 2 fully saturated rings. The monoisotopic (exact) mass is 560 g/mol. The molecule has 1 saturated carbocycles. The van der Waals surface area contributed by atoms with E-state index in [2.05, 4.69) is 27.2 Å². The summed E-state index contributed by atoms with van der Waals surface area (Å²) < 4.78 is 5.00. The van der Waals surface area contributed by atoms with E-state index < -0.39 is 41.3 Å². The van der Waals surface area contributed by atoms with Gasteiger partial charge in [0.25, 0.3) is 5.91 Å². The maximum absolute atomic E-state index is 14.1. The summed E-state index contributed by atoms with van der Waals surface area (Å²) in [6.07, 6.45) is 2.85. The van der Waals surface area contributed by atoms with Gasteiger partial charge in [0.2, 0.25) is 17.7 Å². The number of carbonyl (C=O) groups excluding carboxylic acids is 4. The van der Waals surface area contributed by atoms with Crippen molar-refractivity contribution in [3.8, 4) is 6.07 Å². The fourth-order valence-corrected chi connectivity index (χ4v) is 5.89. The van der Waals surface area contributed by atoms with Gasteiger partial charge >= 0.3 is 0 Å². The molecule has 1 aromatic heterocycles. The minimum Gasteiger partial charge on any atom is -0.361 e. The van der Waals surface area contributed by atoms with Gasteiger partial charge in [-0.05, 0) is 42.7 Å². The molecule has 1 saturated heterocycles. The van der Waals surface area contributed by atoms with Crippen LogP contribution in [0, 0.1) is 29.6 Å². The molecule has 4 atom stereocenters. The highest BCUT2D eigenvalue weighted by Crippen LogP contribution is 2.46. The van der Waals surface area contributed by atoms with Gasteiger partial charge in [-0.25, -0.2) is 0 Å². The maximum Gasteiger partial charge on any atom is 0.274 e. The average Bonchev–Trinajstić information content (AvgIpc) is 3.37. The van der Waals surface area contributed by atoms with Crippen molar-refractivity contribution in [2.24, 2.45) is 11.3 Å². The summed E-state index contributed by atoms with van der Waals surface area (Å²) in [5.74, 6) is -0.872. The molecule has 11 heteroatoms. The number of hydrogen-bond donors (Lipinski definition) is 3. The molecule has 5 rings (SSSR count). The molecular weight excluding hydrogens is 524 g/mol. The molecule has 2 aromatic rings. The first-order valence-electron chi connectivity index (χ1n) is 14.1. The summed E-state index contributed by atoms with van der Waals surface area (Å²) in [5, 5.41) is 22.3. The Labute approximate surface area is 239 Å². The van der Waals surface area contributed by atoms with Crippen LogP contribution in [0.4, 0.5) is 5.69 Å². The topological polar surface area (TPSA) is 157 Å². The van der Waals surface area contributed by atoms with E-state index in [1.165, 1.54) is 11.0 Å². The van der Waals surface area contributed by atoms with Gasteiger partial charge in [0.05, 0.1) is 11.5 Å². The lowest BCUT2D eigenvalue weighted by Gasteiger charge is -2.32. The molecule has 41 heavy (non-hydrogen) atoms. The van der Waals surface area contributed by atoms with Gasteiger partial charge in [-0.2, -0.15) is 5.26 Å². The summed E-state index contributed by atoms with van der Waals surface area (Å²) in [6, 6.07) is 8.37. The molecule has 3 N–H and O–H groups in total. The number of nitrogens with zero attached hydrogens (tertiary/aromatic N) is 3. The van der Waals surface area contributed by atoms with E-state index in [4.69, 9.17) is 4.52 Å². The Balaban J connectivity index is 1.38. The molecule has 0 bridgehead atoms. The third-order valence-electron chi connectivity index (χ3n) is 8.10. The number of benzene rings is 1. The number of carbonyl (C=O) groups is 4. The van der Waals surface area contributed by atoms with Gasteiger partial charge in [-0.15, -0.1) is 0 Å². The first kappa shape index (κ1) is 28.3. The third kappa shape index (κ3) is 5.82. The number of likely N-dealkylation sites (tertiary alicyclic amines) is 1. The summed E-state index contributed by atoms with van der Waals surface area (Å²) in [4.78, 5) is 55.2. The highest BCUT2D eigenvalue weighted by atomic mass is 16.5. The Morgan fingerprint density at radius 2 is 1.95 bits per heavy atom. The molecule has 3 aliphatic rings. The van der Waals surface area contributed by atoms with Crippen LogP contribution in [0.3, 0.4) is 0 Å². The number of fused-ring (bicyclic) bond motifs is 2. The zero-order valence-corrected chi connectivity index (χ0v) is 23.8. The number of nitriles is 1. The molecule has 3 heterocycles. The lowest BCUT2D eigenvalue weighted by Crippen LogP contribution is -2.56. The average molecular weight is 561 g/mol. The summed E-state index contributed by atoms with van der Waals surface area (Å²) >= 11 is 0. The Morgan fingerprint density at radius 3 is 2.59 bits per heavy atom. The van der Waals surface area contributed by atoms with Crippen LogP contribution in [0.2, 0.25) is 0 Å². The van der Waals surface area contributed by atoms with Gasteiger partial charge in [0, 0.05) is 24.7 Å². The van der Waals surface area contributed by atoms with Crippen LogP contribution in [0.25, 0.3) is 0 Å². The largest absolute Gasteiger partial charge is 0.361 e. The van der Waals surface area contributed by atoms with Gasteiger partial charge in [0.1, 0.15) is 23.9 Å². The van der Waals surface area contributed by atoms with Crippen molar-refractivity contribution in [1.82, 2.24) is 20.7 Å². The lowest BCUT2D eigenvalue weighted by molar-refractivity contribution is -0.138. The summed E-state index contributed by atoms with van der Waals surface area (Å²) in [7, 11) is 0. The smallest absolute Gasteiger partial charge is 0.274 e. The zero-order chi connectivity index (χ0) is 29.5. The summed E-state index contributed by atoms with van der Waals surface area (Å²) in [6.45, 7) is 7.60. The highest BCUT2D eigenvalue weighted by Gasteiger charge is 2.56. The first-order chi connectivity index (χ1) is 19.4. The van der Waals surface area contributed by atoms with Crippen LogP contribution in [-0.4, -0.2) is 58.4 Å². The Bertz CT molecular complexity index is 1420. The molecule has 4 amide bonds. The first-order valence-corrected chi connectivity index (χ1v) is 14.1. The number of amides is 4. The normalized spacial score (nSPS) is 23.0. The van der Waals surface area contributed by atoms with Crippen molar-refractivity contribution in [2.75, 3.05) is 11.9 Å². The molecule has 0 unspecified atom stereocenters. The van der Waals surface area contributed by atoms with Crippen molar-refractivity contribution in [2.45, 2.75) is 83.3 Å². The minimum absolute atomic E-state index is 0.0389. The second kappa shape index (κ2) is 10.7. The van der Waals surface area contributed by atoms with Gasteiger partial charge in [0.15, 0.2) is 5.69 Å². The number of para-hydroxylation sites is 1. The SMILES string of the molecule is Cc1cc(C(=O)N[C@@H](CC2CC2)C(=O)N[C@@H](CC(C)(C)C)C(=O)N2C[C@]3(C[C@H]2C#N)C(=O)Nc2ccccc23)no1. The Morgan fingerprint density at radius 1 is 1.22 bits per heavy atom. The fraction of sp³-hybridized carbons (Fsp3) is 0.533. The molecular formula is C30H36N6O5. The van der Waals surface area contributed by atoms with Crippen molar-refractivity contribution in [3.63, 3.8) is 0 Å². The van der Waals surface area contributed by atoms with Crippen molar-refractivity contribution >= 4 is 29.3 Å². The van der Waals surface area contributed by atoms with E-state index in [-0.39, 0.29) is 30.0 Å². The maximum atomic E-state index is 14.1. The Hall–Kier alpha value is -4.20. The van der Waals surface area contributed by atoms with Gasteiger partial charge in [-0.3, -0.25) is 19.2 Å². The van der Waals surface area contributed by atoms with Crippen LogP contribution >= 0.6 is 0 Å². The standard InChI is InChI=1S/C30H36N6O5/c1-17-11-23(35-41-17)26(38)32-22(12-18-9-10-18)25(37)33-24(14-29(2,3)4)27(39)36-16-30(13-19(36)15-31)20-7-5-6-8-21(20)34-28(30)40/h5-8,11,18-19,22,24H,9-10,12-14,16H2,1-4H3,(H,32,38)(H,33,37)(H,34,40)/t19-,22-,24-,30-/m0/s1. The third-order valence-corrected chi connectivity index (χ3v) is 8.10. The second-order valence-electron chi connectivity index (χ2n) is 12.8. The summed E-state index contributed by atoms with van der Waals surface area (Å²) in [5.41, 5.74) is 0.156. The minimum atomic E-state index is -1.03. The Kier molecular flexibility index (Phi) is 7.36. The number of rotatable bonds is 8. The van der Waals surface area contributed by atoms with E-state index in [0.717, 1.165) is 18.4 Å². The number of aryl methyl sites for hydroxylation is 1. The van der Waals surface area contributed by atoms with E-state index in [1.807, 2.05) is 45.0 Å². The molecule has 11 nitrogen and oxygen atoms in total. The highest BCUT2D eigenvalue weighted by molar-refractivity contribution is 6.07. The molecule has 1 spiro atoms. The van der Waals surface area contributed by atoms with E-state index in [9.17, 15) is 24.4 Å². The predicted molar refractivity (Wildman–Crippen MR) is 148 cm³/mol. The number of nitrogens with one attached hydrogen (secondary N) is 3. The van der Waals surface area contributed by atoms with Crippen LogP contribution in [0.5, 0.6) is 0 Å². The fourth-order valence-electron chi connectivity index (χ4n) is 5.89. The van der Waals surface area contributed by atoms with Crippen LogP contribution < -0.4 is 16.0 Å². The molecule has 216 valence electrons. The van der Waals surface area contributed by atoms with E-state index >= 15 is 0 Å². The van der Waals surface area contributed by atoms with E-state index in [1.54, 1.807) is 6.92 Å². The van der Waals surface area contributed by atoms with Gasteiger partial charge in [-0.1, -0.05) is 57.0 Å². The second-order valence-corrected chi connectivity index (χ2v) is 12.8. The zero-order valence-electron chi connectivity index (χ0n) is 23.8. The lowest BCUT2D eigenvalue weighted by atomic mass is 9.80. The van der Waals surface area contributed by atoms with Gasteiger partial charge < -0.3 is 25.4 Å². The van der Waals surface area contributed by atoms with E-state index in [0.29, 0.717) is 30.2 Å². The molecule has 1 aliphatic carbocycles. The van der Waals surface area contributed by atoms with Crippen molar-refractivity contribution in [3.05, 3.63) is 47.3 Å². The molecule has 1 aromatic carbocycles. The number of hydrogen-bond acceptors (Lipinski definition) is 7. The van der Waals surface area contributed by atoms with Crippen molar-refractivity contribution in [1.29, 1.82) is 5.26 Å². The van der Waals surface area contributed by atoms with Crippen LogP contribution in [0.15, 0.2) is 34.9 Å². The van der Waals surface area contributed by atoms with Crippen LogP contribution in [0.1, 0.15) is 74.7 Å². The van der Waals surface area contributed by atoms with Crippen molar-refractivity contribution < 1.29 is 23.7 Å². The molecule has 0 radical (unpaired) electrons.